The fourth-order valence-corrected chi connectivity index (χ4v) is 3.67. The van der Waals surface area contributed by atoms with Gasteiger partial charge in [-0.2, -0.15) is 0 Å². The Hall–Kier alpha value is -1.08. The average Bonchev–Trinajstić information content (AvgIpc) is 2.40. The maximum Gasteiger partial charge on any atom is 0.319 e. The molecule has 0 radical (unpaired) electrons. The average molecular weight is 420 g/mol. The van der Waals surface area contributed by atoms with Crippen LogP contribution < -0.4 is 5.32 Å². The first-order valence-electron chi connectivity index (χ1n) is 7.69. The second-order valence-corrected chi connectivity index (χ2v) is 8.47. The van der Waals surface area contributed by atoms with Gasteiger partial charge >= 0.3 is 5.97 Å². The molecule has 1 aromatic rings. The van der Waals surface area contributed by atoms with Crippen molar-refractivity contribution in [3.05, 3.63) is 22.4 Å². The Morgan fingerprint density at radius 1 is 1.38 bits per heavy atom. The highest BCUT2D eigenvalue weighted by Crippen LogP contribution is 2.36. The van der Waals surface area contributed by atoms with E-state index in [1.165, 1.54) is 30.8 Å². The van der Waals surface area contributed by atoms with E-state index in [4.69, 9.17) is 4.74 Å². The van der Waals surface area contributed by atoms with Crippen LogP contribution in [0.3, 0.4) is 0 Å². The standard InChI is InChI=1S/C17H23BrFNO3S/c1-6-7-14(16(22)23-17(3,4)5)24-15-9-13(20-10(2)21)12(19)8-11(15)18/h8-9,14H,6-7H2,1-5H3,(H,20,21). The lowest BCUT2D eigenvalue weighted by molar-refractivity contribution is -0.154. The van der Waals surface area contributed by atoms with Gasteiger partial charge in [-0.15, -0.1) is 11.8 Å². The molecule has 0 fully saturated rings. The van der Waals surface area contributed by atoms with Crippen molar-refractivity contribution in [1.82, 2.24) is 0 Å². The molecule has 1 rings (SSSR count). The van der Waals surface area contributed by atoms with E-state index in [0.717, 1.165) is 6.42 Å². The first-order chi connectivity index (χ1) is 11.0. The van der Waals surface area contributed by atoms with Gasteiger partial charge in [-0.3, -0.25) is 9.59 Å². The molecule has 0 saturated heterocycles. The van der Waals surface area contributed by atoms with Crippen LogP contribution in [0.15, 0.2) is 21.5 Å². The lowest BCUT2D eigenvalue weighted by Crippen LogP contribution is -2.30. The van der Waals surface area contributed by atoms with Crippen molar-refractivity contribution in [2.24, 2.45) is 0 Å². The number of carbonyl (C=O) groups excluding carboxylic acids is 2. The highest BCUT2D eigenvalue weighted by molar-refractivity contribution is 9.10. The first kappa shape index (κ1) is 21.0. The topological polar surface area (TPSA) is 55.4 Å². The van der Waals surface area contributed by atoms with Crippen LogP contribution in [0.4, 0.5) is 10.1 Å². The SMILES string of the molecule is CCCC(Sc1cc(NC(C)=O)c(F)cc1Br)C(=O)OC(C)(C)C. The van der Waals surface area contributed by atoms with Crippen molar-refractivity contribution in [3.8, 4) is 0 Å². The molecule has 0 heterocycles. The molecular weight excluding hydrogens is 397 g/mol. The number of halogens is 2. The minimum Gasteiger partial charge on any atom is -0.459 e. The smallest absolute Gasteiger partial charge is 0.319 e. The van der Waals surface area contributed by atoms with Gasteiger partial charge in [-0.25, -0.2) is 4.39 Å². The van der Waals surface area contributed by atoms with Gasteiger partial charge in [0.05, 0.1) is 5.69 Å². The van der Waals surface area contributed by atoms with Crippen molar-refractivity contribution in [2.75, 3.05) is 5.32 Å². The van der Waals surface area contributed by atoms with E-state index in [-0.39, 0.29) is 17.6 Å². The van der Waals surface area contributed by atoms with E-state index in [1.807, 2.05) is 27.7 Å². The second kappa shape index (κ2) is 8.85. The Balaban J connectivity index is 3.05. The number of thioether (sulfide) groups is 1. The molecule has 24 heavy (non-hydrogen) atoms. The lowest BCUT2D eigenvalue weighted by atomic mass is 10.2. The van der Waals surface area contributed by atoms with Crippen LogP contribution in [0.1, 0.15) is 47.5 Å². The van der Waals surface area contributed by atoms with E-state index >= 15 is 0 Å². The molecule has 0 spiro atoms. The van der Waals surface area contributed by atoms with Crippen LogP contribution in [0.5, 0.6) is 0 Å². The predicted molar refractivity (Wildman–Crippen MR) is 98.8 cm³/mol. The fraction of sp³-hybridized carbons (Fsp3) is 0.529. The van der Waals surface area contributed by atoms with E-state index in [2.05, 4.69) is 21.2 Å². The summed E-state index contributed by atoms with van der Waals surface area (Å²) in [5, 5.41) is 2.05. The van der Waals surface area contributed by atoms with E-state index < -0.39 is 16.7 Å². The van der Waals surface area contributed by atoms with Gasteiger partial charge in [0.1, 0.15) is 16.7 Å². The number of hydrogen-bond donors (Lipinski definition) is 1. The summed E-state index contributed by atoms with van der Waals surface area (Å²) >= 11 is 4.61. The minimum absolute atomic E-state index is 0.0904. The molecule has 0 bridgehead atoms. The largest absolute Gasteiger partial charge is 0.459 e. The Labute approximate surface area is 155 Å². The number of benzene rings is 1. The van der Waals surface area contributed by atoms with Crippen LogP contribution in [0.25, 0.3) is 0 Å². The number of esters is 1. The lowest BCUT2D eigenvalue weighted by Gasteiger charge is -2.24. The highest BCUT2D eigenvalue weighted by atomic mass is 79.9. The van der Waals surface area contributed by atoms with Gasteiger partial charge in [0.15, 0.2) is 0 Å². The van der Waals surface area contributed by atoms with Crippen molar-refractivity contribution >= 4 is 45.3 Å². The summed E-state index contributed by atoms with van der Waals surface area (Å²) in [4.78, 5) is 24.2. The fourth-order valence-electron chi connectivity index (χ4n) is 1.91. The molecule has 0 aliphatic heterocycles. The maximum atomic E-state index is 13.9. The summed E-state index contributed by atoms with van der Waals surface area (Å²) in [5.74, 6) is -1.19. The number of amides is 1. The van der Waals surface area contributed by atoms with Gasteiger partial charge in [0, 0.05) is 16.3 Å². The monoisotopic (exact) mass is 419 g/mol. The number of hydrogen-bond acceptors (Lipinski definition) is 4. The van der Waals surface area contributed by atoms with Crippen molar-refractivity contribution < 1.29 is 18.7 Å². The molecule has 0 aliphatic rings. The summed E-state index contributed by atoms with van der Waals surface area (Å²) in [7, 11) is 0. The molecule has 4 nitrogen and oxygen atoms in total. The molecule has 1 unspecified atom stereocenters. The molecule has 1 atom stereocenters. The Morgan fingerprint density at radius 3 is 2.50 bits per heavy atom. The van der Waals surface area contributed by atoms with E-state index in [9.17, 15) is 14.0 Å². The number of anilines is 1. The normalized spacial score (nSPS) is 12.6. The zero-order valence-corrected chi connectivity index (χ0v) is 16.9. The summed E-state index contributed by atoms with van der Waals surface area (Å²) in [6.07, 6.45) is 1.45. The molecule has 0 saturated carbocycles. The molecule has 1 aromatic carbocycles. The molecule has 7 heteroatoms. The van der Waals surface area contributed by atoms with Gasteiger partial charge in [-0.1, -0.05) is 13.3 Å². The van der Waals surface area contributed by atoms with Crippen molar-refractivity contribution in [2.45, 2.75) is 63.2 Å². The van der Waals surface area contributed by atoms with Gasteiger partial charge < -0.3 is 10.1 Å². The molecular formula is C17H23BrFNO3S. The Morgan fingerprint density at radius 2 is 2.00 bits per heavy atom. The van der Waals surface area contributed by atoms with E-state index in [1.54, 1.807) is 0 Å². The number of ether oxygens (including phenoxy) is 1. The van der Waals surface area contributed by atoms with Gasteiger partial charge in [-0.05, 0) is 55.3 Å². The van der Waals surface area contributed by atoms with Crippen LogP contribution in [-0.4, -0.2) is 22.7 Å². The van der Waals surface area contributed by atoms with Crippen LogP contribution in [0.2, 0.25) is 0 Å². The predicted octanol–water partition coefficient (Wildman–Crippen LogP) is 5.15. The van der Waals surface area contributed by atoms with E-state index in [0.29, 0.717) is 15.8 Å². The first-order valence-corrected chi connectivity index (χ1v) is 9.37. The quantitative estimate of drug-likeness (QED) is 0.511. The summed E-state index contributed by atoms with van der Waals surface area (Å²) in [6, 6.07) is 2.81. The third-order valence-electron chi connectivity index (χ3n) is 2.82. The summed E-state index contributed by atoms with van der Waals surface area (Å²) < 4.78 is 19.9. The molecule has 1 N–H and O–H groups in total. The number of nitrogens with one attached hydrogen (secondary N) is 1. The molecule has 0 aromatic heterocycles. The minimum atomic E-state index is -0.564. The Kier molecular flexibility index (Phi) is 7.73. The zero-order chi connectivity index (χ0) is 18.5. The maximum absolute atomic E-state index is 13.9. The number of rotatable bonds is 6. The van der Waals surface area contributed by atoms with Crippen molar-refractivity contribution in [1.29, 1.82) is 0 Å². The zero-order valence-electron chi connectivity index (χ0n) is 14.5. The third-order valence-corrected chi connectivity index (χ3v) is 5.04. The number of carbonyl (C=O) groups is 2. The van der Waals surface area contributed by atoms with Crippen molar-refractivity contribution in [3.63, 3.8) is 0 Å². The molecule has 134 valence electrons. The molecule has 1 amide bonds. The summed E-state index contributed by atoms with van der Waals surface area (Å²) in [6.45, 7) is 8.76. The van der Waals surface area contributed by atoms with Gasteiger partial charge in [0.2, 0.25) is 5.91 Å². The third kappa shape index (κ3) is 6.81. The Bertz CT molecular complexity index is 617. The van der Waals surface area contributed by atoms with Crippen LogP contribution in [-0.2, 0) is 14.3 Å². The highest BCUT2D eigenvalue weighted by Gasteiger charge is 2.26. The van der Waals surface area contributed by atoms with Crippen LogP contribution in [0, 0.1) is 5.82 Å². The van der Waals surface area contributed by atoms with Crippen LogP contribution >= 0.6 is 27.7 Å². The van der Waals surface area contributed by atoms with Gasteiger partial charge in [0.25, 0.3) is 0 Å². The molecule has 0 aliphatic carbocycles. The second-order valence-electron chi connectivity index (χ2n) is 6.37. The summed E-state index contributed by atoms with van der Waals surface area (Å²) in [5.41, 5.74) is -0.474.